The molecule has 55 heavy (non-hydrogen) atoms. The Balaban J connectivity index is 1.25. The Bertz CT molecular complexity index is 3340. The summed E-state index contributed by atoms with van der Waals surface area (Å²) in [7, 11) is 0. The number of fused-ring (bicyclic) bond motifs is 12. The van der Waals surface area contributed by atoms with Crippen LogP contribution in [0.15, 0.2) is 186 Å². The topological polar surface area (TPSA) is 26.2 Å². The van der Waals surface area contributed by atoms with E-state index in [1.807, 2.05) is 0 Å². The zero-order chi connectivity index (χ0) is 35.8. The van der Waals surface area contributed by atoms with E-state index in [2.05, 4.69) is 196 Å². The van der Waals surface area contributed by atoms with Gasteiger partial charge in [-0.05, 0) is 65.0 Å². The van der Waals surface area contributed by atoms with Crippen LogP contribution in [0.4, 0.5) is 17.1 Å². The minimum atomic E-state index is -0.0583. The number of aromatic nitrogens is 2. The molecule has 4 nitrogen and oxygen atoms in total. The lowest BCUT2D eigenvalue weighted by Gasteiger charge is -2.35. The van der Waals surface area contributed by atoms with Gasteiger partial charge < -0.3 is 18.4 Å². The second kappa shape index (κ2) is 10.7. The number of hydrogen-bond acceptors (Lipinski definition) is 2. The first-order chi connectivity index (χ1) is 27.3. The molecule has 0 fully saturated rings. The summed E-state index contributed by atoms with van der Waals surface area (Å²) in [4.78, 5) is 2.45. The highest BCUT2D eigenvalue weighted by atomic mass is 16.3. The first-order valence-corrected chi connectivity index (χ1v) is 19.0. The largest absolute Gasteiger partial charge is 0.456 e. The second-order valence-electron chi connectivity index (χ2n) is 14.9. The fourth-order valence-corrected chi connectivity index (χ4v) is 9.89. The van der Waals surface area contributed by atoms with Crippen molar-refractivity contribution in [3.8, 4) is 28.1 Å². The van der Waals surface area contributed by atoms with Gasteiger partial charge in [0, 0.05) is 72.2 Å². The molecule has 0 radical (unpaired) electrons. The highest BCUT2D eigenvalue weighted by Gasteiger charge is 2.43. The van der Waals surface area contributed by atoms with Crippen molar-refractivity contribution in [3.05, 3.63) is 182 Å². The molecule has 0 amide bonds. The van der Waals surface area contributed by atoms with Crippen molar-refractivity contribution < 1.29 is 4.42 Å². The molecule has 0 saturated heterocycles. The van der Waals surface area contributed by atoms with Crippen LogP contribution < -0.4 is 15.8 Å². The van der Waals surface area contributed by atoms with Gasteiger partial charge in [0.1, 0.15) is 11.3 Å². The van der Waals surface area contributed by atoms with Crippen LogP contribution in [0.3, 0.4) is 0 Å². The number of furan rings is 1. The fraction of sp³-hybridized carbons (Fsp3) is 0. The first kappa shape index (κ1) is 29.2. The van der Waals surface area contributed by atoms with Crippen molar-refractivity contribution in [2.45, 2.75) is 0 Å². The highest BCUT2D eigenvalue weighted by molar-refractivity contribution is 6.90. The van der Waals surface area contributed by atoms with Crippen LogP contribution in [0.1, 0.15) is 0 Å². The maximum atomic E-state index is 6.72. The quantitative estimate of drug-likeness (QED) is 0.171. The molecule has 0 bridgehead atoms. The normalized spacial score (nSPS) is 12.7. The summed E-state index contributed by atoms with van der Waals surface area (Å²) in [5.74, 6) is 0.880. The van der Waals surface area contributed by atoms with Gasteiger partial charge in [0.25, 0.3) is 0 Å². The number of rotatable bonds is 4. The molecule has 2 aliphatic rings. The van der Waals surface area contributed by atoms with Gasteiger partial charge in [-0.25, -0.2) is 0 Å². The lowest BCUT2D eigenvalue weighted by atomic mass is 9.45. The minimum absolute atomic E-state index is 0.0583. The van der Waals surface area contributed by atoms with Crippen molar-refractivity contribution in [3.63, 3.8) is 0 Å². The van der Waals surface area contributed by atoms with Gasteiger partial charge in [-0.2, -0.15) is 0 Å². The first-order valence-electron chi connectivity index (χ1n) is 19.0. The molecule has 8 aromatic carbocycles. The van der Waals surface area contributed by atoms with E-state index in [9.17, 15) is 0 Å². The van der Waals surface area contributed by atoms with E-state index in [0.717, 1.165) is 45.0 Å². The smallest absolute Gasteiger partial charge is 0.333 e. The number of benzene rings is 8. The molecule has 0 spiro atoms. The molecule has 0 N–H and O–H groups in total. The summed E-state index contributed by atoms with van der Waals surface area (Å²) < 4.78 is 11.9. The maximum absolute atomic E-state index is 6.72. The van der Waals surface area contributed by atoms with Crippen LogP contribution in [0, 0.1) is 0 Å². The van der Waals surface area contributed by atoms with Gasteiger partial charge >= 0.3 is 6.85 Å². The monoisotopic (exact) mass is 699 g/mol. The lowest BCUT2D eigenvalue weighted by molar-refractivity contribution is 0.631. The third kappa shape index (κ3) is 3.81. The van der Waals surface area contributed by atoms with Crippen molar-refractivity contribution in [2.75, 3.05) is 4.90 Å². The Morgan fingerprint density at radius 2 is 1.16 bits per heavy atom. The predicted molar refractivity (Wildman–Crippen MR) is 230 cm³/mol. The number of anilines is 3. The molecule has 5 heteroatoms. The molecule has 0 aliphatic carbocycles. The summed E-state index contributed by atoms with van der Waals surface area (Å²) in [6.07, 6.45) is 0. The van der Waals surface area contributed by atoms with Gasteiger partial charge in [0.2, 0.25) is 0 Å². The SMILES string of the molecule is c1ccc(-c2cc3cc4c(cc3o2)-n2c3ccccc3c3c(N(c5ccccc5)c5ccccc5)cc5c(c32)B4n2c3ccccc3c3cccc-5c32)cc1. The van der Waals surface area contributed by atoms with Crippen molar-refractivity contribution in [1.29, 1.82) is 0 Å². The average Bonchev–Trinajstić information content (AvgIpc) is 3.93. The summed E-state index contributed by atoms with van der Waals surface area (Å²) in [6.45, 7) is -0.0583. The Morgan fingerprint density at radius 1 is 0.509 bits per heavy atom. The van der Waals surface area contributed by atoms with Crippen molar-refractivity contribution >= 4 is 89.4 Å². The summed E-state index contributed by atoms with van der Waals surface area (Å²) in [5.41, 5.74) is 16.6. The van der Waals surface area contributed by atoms with Crippen LogP contribution in [-0.2, 0) is 0 Å². The zero-order valence-electron chi connectivity index (χ0n) is 29.6. The Morgan fingerprint density at radius 3 is 1.93 bits per heavy atom. The van der Waals surface area contributed by atoms with E-state index in [4.69, 9.17) is 4.42 Å². The number of hydrogen-bond donors (Lipinski definition) is 0. The summed E-state index contributed by atoms with van der Waals surface area (Å²) in [5, 5.41) is 6.14. The molecule has 13 rings (SSSR count). The summed E-state index contributed by atoms with van der Waals surface area (Å²) in [6, 6.07) is 66.2. The van der Waals surface area contributed by atoms with E-state index in [-0.39, 0.29) is 6.85 Å². The van der Waals surface area contributed by atoms with Crippen LogP contribution in [0.5, 0.6) is 0 Å². The van der Waals surface area contributed by atoms with Gasteiger partial charge in [0.05, 0.1) is 16.7 Å². The molecule has 0 saturated carbocycles. The molecule has 2 aliphatic heterocycles. The standard InChI is InChI=1S/C50H30BN3O/c1-4-15-31(16-5-1)45-28-32-27-40-43(30-46(32)55-45)53-41-25-12-11-22-38(41)47-44(52(33-17-6-2-7-18-33)34-19-8-3-9-20-34)29-39-37-24-14-23-36-35-21-10-13-26-42(35)54(49(36)37)51(40)48(39)50(47)53/h1-30H. The van der Waals surface area contributed by atoms with Crippen LogP contribution in [0.2, 0.25) is 0 Å². The third-order valence-corrected chi connectivity index (χ3v) is 12.0. The fourth-order valence-electron chi connectivity index (χ4n) is 9.89. The zero-order valence-corrected chi connectivity index (χ0v) is 29.6. The van der Waals surface area contributed by atoms with Crippen molar-refractivity contribution in [1.82, 2.24) is 9.05 Å². The van der Waals surface area contributed by atoms with Crippen LogP contribution in [-0.4, -0.2) is 15.9 Å². The molecule has 3 aromatic heterocycles. The van der Waals surface area contributed by atoms with Gasteiger partial charge in [0.15, 0.2) is 0 Å². The lowest BCUT2D eigenvalue weighted by Crippen LogP contribution is -2.55. The van der Waals surface area contributed by atoms with E-state index in [0.29, 0.717) is 0 Å². The second-order valence-corrected chi connectivity index (χ2v) is 14.9. The molecule has 254 valence electrons. The van der Waals surface area contributed by atoms with Gasteiger partial charge in [-0.1, -0.05) is 127 Å². The van der Waals surface area contributed by atoms with Crippen LogP contribution in [0.25, 0.3) is 82.7 Å². The Kier molecular flexibility index (Phi) is 5.68. The minimum Gasteiger partial charge on any atom is -0.456 e. The summed E-state index contributed by atoms with van der Waals surface area (Å²) >= 11 is 0. The van der Waals surface area contributed by atoms with E-state index >= 15 is 0 Å². The van der Waals surface area contributed by atoms with E-state index in [1.165, 1.54) is 65.7 Å². The molecular formula is C50H30BN3O. The number of nitrogens with zero attached hydrogens (tertiary/aromatic N) is 3. The van der Waals surface area contributed by atoms with Crippen LogP contribution >= 0.6 is 0 Å². The predicted octanol–water partition coefficient (Wildman–Crippen LogP) is 11.7. The molecule has 0 unspecified atom stereocenters. The third-order valence-electron chi connectivity index (χ3n) is 12.0. The van der Waals surface area contributed by atoms with Gasteiger partial charge in [-0.3, -0.25) is 0 Å². The Hall–Kier alpha value is -7.24. The molecule has 11 aromatic rings. The van der Waals surface area contributed by atoms with Gasteiger partial charge in [-0.15, -0.1) is 0 Å². The van der Waals surface area contributed by atoms with E-state index < -0.39 is 0 Å². The molecule has 5 heterocycles. The maximum Gasteiger partial charge on any atom is 0.333 e. The van der Waals surface area contributed by atoms with Crippen molar-refractivity contribution in [2.24, 2.45) is 0 Å². The highest BCUT2D eigenvalue weighted by Crippen LogP contribution is 2.49. The van der Waals surface area contributed by atoms with E-state index in [1.54, 1.807) is 0 Å². The molecule has 0 atom stereocenters. The number of para-hydroxylation sites is 5. The Labute approximate surface area is 316 Å². The average molecular weight is 700 g/mol. The molecular weight excluding hydrogens is 669 g/mol.